The van der Waals surface area contributed by atoms with Crippen molar-refractivity contribution >= 4 is 21.9 Å². The number of rotatable bonds is 10. The second-order valence-electron chi connectivity index (χ2n) is 7.02. The van der Waals surface area contributed by atoms with E-state index in [9.17, 15) is 18.0 Å². The zero-order valence-corrected chi connectivity index (χ0v) is 19.1. The zero-order chi connectivity index (χ0) is 22.4. The second-order valence-corrected chi connectivity index (χ2v) is 8.72. The summed E-state index contributed by atoms with van der Waals surface area (Å²) in [4.78, 5) is 24.0. The molecule has 29 heavy (non-hydrogen) atoms. The number of carbonyl (C=O) groups is 2. The van der Waals surface area contributed by atoms with E-state index in [1.54, 1.807) is 13.8 Å². The summed E-state index contributed by atoms with van der Waals surface area (Å²) < 4.78 is 37.9. The number of esters is 1. The molecular weight excluding hydrogens is 396 g/mol. The second kappa shape index (κ2) is 10.7. The average Bonchev–Trinajstić information content (AvgIpc) is 2.64. The number of amides is 1. The first kappa shape index (κ1) is 25.1. The van der Waals surface area contributed by atoms with Crippen molar-refractivity contribution in [3.63, 3.8) is 0 Å². The van der Waals surface area contributed by atoms with Gasteiger partial charge in [-0.25, -0.2) is 13.1 Å². The minimum absolute atomic E-state index is 0.121. The van der Waals surface area contributed by atoms with Gasteiger partial charge in [0, 0.05) is 20.2 Å². The maximum atomic E-state index is 12.8. The number of ether oxygens (including phenoxy) is 2. The predicted molar refractivity (Wildman–Crippen MR) is 110 cm³/mol. The van der Waals surface area contributed by atoms with Gasteiger partial charge in [0.25, 0.3) is 5.91 Å². The third kappa shape index (κ3) is 6.52. The van der Waals surface area contributed by atoms with Crippen LogP contribution in [-0.4, -0.2) is 53.2 Å². The third-order valence-electron chi connectivity index (χ3n) is 5.10. The van der Waals surface area contributed by atoms with Gasteiger partial charge >= 0.3 is 5.97 Å². The van der Waals surface area contributed by atoms with Crippen LogP contribution in [0.5, 0.6) is 0 Å². The largest absolute Gasteiger partial charge is 0.453 e. The van der Waals surface area contributed by atoms with Crippen LogP contribution < -0.4 is 10.0 Å². The van der Waals surface area contributed by atoms with Crippen LogP contribution in [0.25, 0.3) is 0 Å². The number of hydrogen-bond acceptors (Lipinski definition) is 6. The highest BCUT2D eigenvalue weighted by Crippen LogP contribution is 2.29. The number of sulfonamides is 1. The smallest absolute Gasteiger partial charge is 0.307 e. The van der Waals surface area contributed by atoms with Crippen LogP contribution in [0.3, 0.4) is 0 Å². The molecular formula is C20H32N2O6S. The molecule has 0 bridgehead atoms. The van der Waals surface area contributed by atoms with Crippen LogP contribution in [0.2, 0.25) is 0 Å². The number of nitrogens with one attached hydrogen (secondary N) is 2. The highest BCUT2D eigenvalue weighted by Gasteiger charge is 2.24. The SMILES string of the molecule is COCCNC(=O)[C@H](C)OC(=O)CCNS(=O)(=O)c1c(C)c(C)c(C)c(C)c1C. The van der Waals surface area contributed by atoms with Gasteiger partial charge in [0.15, 0.2) is 6.10 Å². The summed E-state index contributed by atoms with van der Waals surface area (Å²) in [5, 5.41) is 2.57. The fourth-order valence-electron chi connectivity index (χ4n) is 2.96. The van der Waals surface area contributed by atoms with Gasteiger partial charge in [-0.2, -0.15) is 0 Å². The number of benzene rings is 1. The van der Waals surface area contributed by atoms with Crippen LogP contribution in [0.15, 0.2) is 4.90 Å². The Morgan fingerprint density at radius 3 is 1.97 bits per heavy atom. The lowest BCUT2D eigenvalue weighted by atomic mass is 9.95. The first-order valence-corrected chi connectivity index (χ1v) is 10.9. The van der Waals surface area contributed by atoms with Crippen LogP contribution in [0, 0.1) is 34.6 Å². The molecule has 0 aliphatic heterocycles. The molecule has 1 rings (SSSR count). The summed E-state index contributed by atoms with van der Waals surface area (Å²) in [5.74, 6) is -1.10. The molecule has 1 aromatic carbocycles. The van der Waals surface area contributed by atoms with Gasteiger partial charge in [-0.05, 0) is 69.4 Å². The topological polar surface area (TPSA) is 111 Å². The summed E-state index contributed by atoms with van der Waals surface area (Å²) in [7, 11) is -2.28. The third-order valence-corrected chi connectivity index (χ3v) is 6.84. The summed E-state index contributed by atoms with van der Waals surface area (Å²) in [5.41, 5.74) is 4.33. The molecule has 2 N–H and O–H groups in total. The van der Waals surface area contributed by atoms with E-state index >= 15 is 0 Å². The molecule has 0 unspecified atom stereocenters. The maximum Gasteiger partial charge on any atom is 0.307 e. The summed E-state index contributed by atoms with van der Waals surface area (Å²) in [6, 6.07) is 0. The highest BCUT2D eigenvalue weighted by atomic mass is 32.2. The Bertz CT molecular complexity index is 835. The molecule has 0 saturated carbocycles. The number of methoxy groups -OCH3 is 1. The fraction of sp³-hybridized carbons (Fsp3) is 0.600. The number of hydrogen-bond donors (Lipinski definition) is 2. The van der Waals surface area contributed by atoms with Crippen LogP contribution >= 0.6 is 0 Å². The maximum absolute atomic E-state index is 12.8. The first-order valence-electron chi connectivity index (χ1n) is 9.46. The Hall–Kier alpha value is -1.97. The molecule has 1 atom stereocenters. The standard InChI is InChI=1S/C20H32N2O6S/c1-12-13(2)15(4)19(16(5)14(12)3)29(25,26)22-9-8-18(23)28-17(6)20(24)21-10-11-27-7/h17,22H,8-11H2,1-7H3,(H,21,24)/t17-/m0/s1. The van der Waals surface area contributed by atoms with Gasteiger partial charge in [-0.1, -0.05) is 0 Å². The number of carbonyl (C=O) groups excluding carboxylic acids is 2. The van der Waals surface area contributed by atoms with Crippen molar-refractivity contribution < 1.29 is 27.5 Å². The monoisotopic (exact) mass is 428 g/mol. The fourth-order valence-corrected chi connectivity index (χ4v) is 4.59. The van der Waals surface area contributed by atoms with Crippen molar-refractivity contribution in [3.05, 3.63) is 27.8 Å². The van der Waals surface area contributed by atoms with Gasteiger partial charge in [-0.15, -0.1) is 0 Å². The lowest BCUT2D eigenvalue weighted by Gasteiger charge is -2.19. The van der Waals surface area contributed by atoms with Crippen molar-refractivity contribution in [2.75, 3.05) is 26.8 Å². The summed E-state index contributed by atoms with van der Waals surface area (Å²) >= 11 is 0. The Morgan fingerprint density at radius 2 is 1.45 bits per heavy atom. The van der Waals surface area contributed by atoms with E-state index in [0.717, 1.165) is 16.7 Å². The molecule has 0 fully saturated rings. The molecule has 0 saturated heterocycles. The van der Waals surface area contributed by atoms with Crippen LogP contribution in [0.4, 0.5) is 0 Å². The molecule has 9 heteroatoms. The van der Waals surface area contributed by atoms with Crippen LogP contribution in [0.1, 0.15) is 41.2 Å². The molecule has 0 heterocycles. The van der Waals surface area contributed by atoms with Gasteiger partial charge < -0.3 is 14.8 Å². The Labute approximate surface area is 173 Å². The predicted octanol–water partition coefficient (Wildman–Crippen LogP) is 1.59. The minimum Gasteiger partial charge on any atom is -0.453 e. The molecule has 0 aliphatic rings. The molecule has 8 nitrogen and oxygen atoms in total. The van der Waals surface area contributed by atoms with Crippen molar-refractivity contribution in [3.8, 4) is 0 Å². The quantitative estimate of drug-likeness (QED) is 0.432. The molecule has 0 aromatic heterocycles. The van der Waals surface area contributed by atoms with Gasteiger partial charge in [-0.3, -0.25) is 9.59 Å². The van der Waals surface area contributed by atoms with E-state index in [-0.39, 0.29) is 17.9 Å². The van der Waals surface area contributed by atoms with Crippen molar-refractivity contribution in [2.24, 2.45) is 0 Å². The van der Waals surface area contributed by atoms with Gasteiger partial charge in [0.05, 0.1) is 17.9 Å². The molecule has 164 valence electrons. The summed E-state index contributed by atoms with van der Waals surface area (Å²) in [6.07, 6.45) is -1.15. The van der Waals surface area contributed by atoms with E-state index in [2.05, 4.69) is 10.0 Å². The zero-order valence-electron chi connectivity index (χ0n) is 18.3. The van der Waals surface area contributed by atoms with Gasteiger partial charge in [0.1, 0.15) is 0 Å². The molecule has 1 amide bonds. The van der Waals surface area contributed by atoms with Crippen LogP contribution in [-0.2, 0) is 29.1 Å². The summed E-state index contributed by atoms with van der Waals surface area (Å²) in [6.45, 7) is 11.3. The molecule has 0 spiro atoms. The van der Waals surface area contributed by atoms with Crippen molar-refractivity contribution in [1.82, 2.24) is 10.0 Å². The van der Waals surface area contributed by atoms with E-state index in [4.69, 9.17) is 9.47 Å². The molecule has 0 radical (unpaired) electrons. The van der Waals surface area contributed by atoms with Crippen molar-refractivity contribution in [1.29, 1.82) is 0 Å². The minimum atomic E-state index is -3.79. The van der Waals surface area contributed by atoms with E-state index in [1.165, 1.54) is 14.0 Å². The van der Waals surface area contributed by atoms with Gasteiger partial charge in [0.2, 0.25) is 10.0 Å². The average molecular weight is 429 g/mol. The lowest BCUT2D eigenvalue weighted by Crippen LogP contribution is -2.38. The molecule has 0 aliphatic carbocycles. The normalized spacial score (nSPS) is 12.5. The Kier molecular flexibility index (Phi) is 9.25. The van der Waals surface area contributed by atoms with E-state index in [0.29, 0.717) is 24.3 Å². The highest BCUT2D eigenvalue weighted by molar-refractivity contribution is 7.89. The van der Waals surface area contributed by atoms with E-state index < -0.39 is 28.0 Å². The van der Waals surface area contributed by atoms with Crippen molar-refractivity contribution in [2.45, 2.75) is 59.0 Å². The van der Waals surface area contributed by atoms with E-state index in [1.807, 2.05) is 20.8 Å². The Morgan fingerprint density at radius 1 is 0.931 bits per heavy atom. The molecule has 1 aromatic rings. The first-order chi connectivity index (χ1) is 13.4. The lowest BCUT2D eigenvalue weighted by molar-refractivity contribution is -0.154. The Balaban J connectivity index is 2.70.